The van der Waals surface area contributed by atoms with Crippen LogP contribution in [0.4, 0.5) is 13.2 Å². The topological polar surface area (TPSA) is 176 Å². The second-order valence-corrected chi connectivity index (χ2v) is 16.7. The number of carbonyl (C=O) groups is 4. The lowest BCUT2D eigenvalue weighted by Crippen LogP contribution is -2.68. The number of carbonyl (C=O) groups excluding carboxylic acids is 4. The summed E-state index contributed by atoms with van der Waals surface area (Å²) in [4.78, 5) is 55.2. The maximum absolute atomic E-state index is 14.0. The van der Waals surface area contributed by atoms with E-state index >= 15 is 0 Å². The number of ketones is 2. The fraction of sp³-hybridized carbons (Fsp3) is 0.405. The summed E-state index contributed by atoms with van der Waals surface area (Å²) >= 11 is 3.27. The van der Waals surface area contributed by atoms with Gasteiger partial charge in [0.25, 0.3) is 15.9 Å². The van der Waals surface area contributed by atoms with E-state index in [1.807, 2.05) is 0 Å². The van der Waals surface area contributed by atoms with Crippen molar-refractivity contribution in [1.82, 2.24) is 14.9 Å². The van der Waals surface area contributed by atoms with Gasteiger partial charge in [0.2, 0.25) is 5.91 Å². The summed E-state index contributed by atoms with van der Waals surface area (Å²) < 4.78 is 69.1. The highest BCUT2D eigenvalue weighted by Crippen LogP contribution is 2.33. The van der Waals surface area contributed by atoms with Crippen LogP contribution in [0.3, 0.4) is 0 Å². The number of Topliss-reactive ketones (excluding diaryl/α,β-unsaturated/α-hetero) is 2. The van der Waals surface area contributed by atoms with Gasteiger partial charge in [0.1, 0.15) is 0 Å². The molecule has 3 aromatic rings. The van der Waals surface area contributed by atoms with Crippen molar-refractivity contribution in [3.05, 3.63) is 100 Å². The van der Waals surface area contributed by atoms with Gasteiger partial charge >= 0.3 is 6.18 Å². The molecule has 1 saturated heterocycles. The Hall–Kier alpha value is -3.96. The number of amides is 2. The fourth-order valence-electron chi connectivity index (χ4n) is 6.11. The Balaban J connectivity index is 1.59. The van der Waals surface area contributed by atoms with E-state index in [4.69, 9.17) is 5.73 Å². The van der Waals surface area contributed by atoms with Crippen molar-refractivity contribution in [3.63, 3.8) is 0 Å². The number of alkyl halides is 3. The van der Waals surface area contributed by atoms with E-state index in [-0.39, 0.29) is 35.5 Å². The van der Waals surface area contributed by atoms with Gasteiger partial charge in [-0.2, -0.15) is 13.2 Å². The van der Waals surface area contributed by atoms with Crippen molar-refractivity contribution in [2.75, 3.05) is 6.54 Å². The SMILES string of the molecule is CC(C)C(NC(=O)[C@@]1(C(=O)[C@@H](N)C(C)(C)C(=O)c2ccc(C(=O)N(Cc3ccccc3)S(=O)(=O)c3ccc(Br)cc3)cc2)CCCN1)C(O)C(F)(F)F. The average Bonchev–Trinajstić information content (AvgIpc) is 3.63. The number of nitrogens with zero attached hydrogens (tertiary/aromatic N) is 1. The molecule has 0 bridgehead atoms. The minimum absolute atomic E-state index is 0.0197. The first-order valence-electron chi connectivity index (χ1n) is 16.8. The van der Waals surface area contributed by atoms with Crippen LogP contribution < -0.4 is 16.4 Å². The van der Waals surface area contributed by atoms with Crippen molar-refractivity contribution in [2.45, 2.75) is 81.9 Å². The van der Waals surface area contributed by atoms with Crippen LogP contribution in [0.15, 0.2) is 88.2 Å². The van der Waals surface area contributed by atoms with E-state index in [0.29, 0.717) is 16.5 Å². The third-order valence-electron chi connectivity index (χ3n) is 9.49. The van der Waals surface area contributed by atoms with Gasteiger partial charge in [-0.15, -0.1) is 0 Å². The van der Waals surface area contributed by atoms with Crippen molar-refractivity contribution >= 4 is 49.3 Å². The maximum atomic E-state index is 14.0. The van der Waals surface area contributed by atoms with E-state index in [0.717, 1.165) is 4.31 Å². The molecule has 11 nitrogen and oxygen atoms in total. The molecule has 2 unspecified atom stereocenters. The lowest BCUT2D eigenvalue weighted by molar-refractivity contribution is -0.215. The van der Waals surface area contributed by atoms with Gasteiger partial charge < -0.3 is 16.2 Å². The number of nitrogens with one attached hydrogen (secondary N) is 2. The first-order chi connectivity index (χ1) is 24.6. The predicted molar refractivity (Wildman–Crippen MR) is 194 cm³/mol. The molecule has 1 fully saturated rings. The lowest BCUT2D eigenvalue weighted by Gasteiger charge is -2.37. The smallest absolute Gasteiger partial charge is 0.382 e. The normalized spacial score (nSPS) is 18.2. The molecule has 2 amide bonds. The third kappa shape index (κ3) is 8.89. The van der Waals surface area contributed by atoms with Crippen molar-refractivity contribution < 1.29 is 45.9 Å². The lowest BCUT2D eigenvalue weighted by atomic mass is 9.71. The molecular weight excluding hydrogens is 781 g/mol. The van der Waals surface area contributed by atoms with E-state index in [1.165, 1.54) is 76.2 Å². The molecule has 16 heteroatoms. The van der Waals surface area contributed by atoms with Crippen LogP contribution in [-0.2, 0) is 26.2 Å². The largest absolute Gasteiger partial charge is 0.416 e. The fourth-order valence-corrected chi connectivity index (χ4v) is 7.75. The number of hydrogen-bond donors (Lipinski definition) is 4. The first kappa shape index (κ1) is 41.8. The van der Waals surface area contributed by atoms with E-state index in [9.17, 15) is 45.9 Å². The molecule has 0 aliphatic carbocycles. The van der Waals surface area contributed by atoms with Crippen molar-refractivity contribution in [2.24, 2.45) is 17.1 Å². The zero-order chi connectivity index (χ0) is 39.5. The molecule has 4 atom stereocenters. The number of halogens is 4. The first-order valence-corrected chi connectivity index (χ1v) is 19.0. The molecule has 4 rings (SSSR count). The van der Waals surface area contributed by atoms with Crippen LogP contribution in [-0.4, -0.2) is 77.7 Å². The zero-order valence-electron chi connectivity index (χ0n) is 29.5. The number of aliphatic hydroxyl groups is 1. The molecule has 286 valence electrons. The standard InChI is InChI=1S/C37H42BrF3N4O7S/c1-22(2)28(31(47)37(39,40)41)44-34(50)36(19-8-20-43-36)32(48)29(42)35(3,4)30(46)24-11-13-25(14-12-24)33(49)45(21-23-9-6-5-7-10-23)53(51,52)27-17-15-26(38)16-18-27/h5-7,9-18,22,28-29,31,43,47H,8,19-21,42H2,1-4H3,(H,44,50)/t28?,29-,31?,36+/m1/s1. The van der Waals surface area contributed by atoms with Crippen molar-refractivity contribution in [3.8, 4) is 0 Å². The zero-order valence-corrected chi connectivity index (χ0v) is 31.9. The molecule has 1 heterocycles. The highest BCUT2D eigenvalue weighted by Gasteiger charge is 2.55. The second-order valence-electron chi connectivity index (χ2n) is 13.9. The van der Waals surface area contributed by atoms with Crippen LogP contribution in [0.5, 0.6) is 0 Å². The van der Waals surface area contributed by atoms with Crippen molar-refractivity contribution in [1.29, 1.82) is 0 Å². The Morgan fingerprint density at radius 1 is 0.962 bits per heavy atom. The molecule has 0 spiro atoms. The molecule has 0 saturated carbocycles. The molecular formula is C37H42BrF3N4O7S. The Bertz CT molecular complexity index is 1920. The van der Waals surface area contributed by atoms with E-state index in [1.54, 1.807) is 30.3 Å². The molecule has 3 aromatic carbocycles. The quantitative estimate of drug-likeness (QED) is 0.132. The van der Waals surface area contributed by atoms with E-state index < -0.39 is 74.6 Å². The highest BCUT2D eigenvalue weighted by atomic mass is 79.9. The summed E-state index contributed by atoms with van der Waals surface area (Å²) in [6, 6.07) is 16.1. The van der Waals surface area contributed by atoms with Crippen LogP contribution >= 0.6 is 15.9 Å². The van der Waals surface area contributed by atoms with Gasteiger partial charge in [0.15, 0.2) is 23.2 Å². The van der Waals surface area contributed by atoms with Crippen LogP contribution in [0.25, 0.3) is 0 Å². The minimum atomic E-state index is -5.04. The summed E-state index contributed by atoms with van der Waals surface area (Å²) in [7, 11) is -4.35. The minimum Gasteiger partial charge on any atom is -0.382 e. The number of nitrogens with two attached hydrogens (primary N) is 1. The molecule has 0 radical (unpaired) electrons. The van der Waals surface area contributed by atoms with Crippen LogP contribution in [0.2, 0.25) is 0 Å². The summed E-state index contributed by atoms with van der Waals surface area (Å²) in [5, 5.41) is 14.9. The maximum Gasteiger partial charge on any atom is 0.416 e. The van der Waals surface area contributed by atoms with Gasteiger partial charge in [0.05, 0.1) is 28.9 Å². The average molecular weight is 824 g/mol. The van der Waals surface area contributed by atoms with Crippen LogP contribution in [0, 0.1) is 11.3 Å². The van der Waals surface area contributed by atoms with E-state index in [2.05, 4.69) is 26.6 Å². The Labute approximate surface area is 314 Å². The third-order valence-corrected chi connectivity index (χ3v) is 11.8. The predicted octanol–water partition coefficient (Wildman–Crippen LogP) is 4.77. The summed E-state index contributed by atoms with van der Waals surface area (Å²) in [5.41, 5.74) is 3.19. The summed E-state index contributed by atoms with van der Waals surface area (Å²) in [6.45, 7) is 5.42. The molecule has 53 heavy (non-hydrogen) atoms. The highest BCUT2D eigenvalue weighted by molar-refractivity contribution is 9.10. The van der Waals surface area contributed by atoms with Gasteiger partial charge in [-0.1, -0.05) is 86.1 Å². The number of sulfonamides is 1. The Kier molecular flexibility index (Phi) is 12.8. The Morgan fingerprint density at radius 2 is 1.53 bits per heavy atom. The molecule has 1 aliphatic rings. The van der Waals surface area contributed by atoms with Gasteiger partial charge in [-0.3, -0.25) is 24.5 Å². The van der Waals surface area contributed by atoms with Crippen LogP contribution in [0.1, 0.15) is 66.8 Å². The number of hydrogen-bond acceptors (Lipinski definition) is 9. The number of benzene rings is 3. The monoisotopic (exact) mass is 822 g/mol. The second kappa shape index (κ2) is 16.2. The molecule has 1 aliphatic heterocycles. The van der Waals surface area contributed by atoms with Gasteiger partial charge in [0, 0.05) is 15.6 Å². The molecule has 5 N–H and O–H groups in total. The number of rotatable bonds is 14. The summed E-state index contributed by atoms with van der Waals surface area (Å²) in [6.07, 6.45) is -7.74. The molecule has 0 aromatic heterocycles. The summed E-state index contributed by atoms with van der Waals surface area (Å²) in [5.74, 6) is -4.39. The van der Waals surface area contributed by atoms with Gasteiger partial charge in [-0.05, 0) is 67.3 Å². The Morgan fingerprint density at radius 3 is 2.04 bits per heavy atom. The van der Waals surface area contributed by atoms with Gasteiger partial charge in [-0.25, -0.2) is 12.7 Å². The number of aliphatic hydroxyl groups excluding tert-OH is 1.